The lowest BCUT2D eigenvalue weighted by Crippen LogP contribution is -2.30. The van der Waals surface area contributed by atoms with Crippen molar-refractivity contribution in [3.8, 4) is 0 Å². The van der Waals surface area contributed by atoms with Gasteiger partial charge >= 0.3 is 0 Å². The minimum atomic E-state index is -0.365. The third-order valence-corrected chi connectivity index (χ3v) is 3.46. The van der Waals surface area contributed by atoms with Crippen LogP contribution in [0.15, 0.2) is 0 Å². The van der Waals surface area contributed by atoms with E-state index < -0.39 is 0 Å². The molecular weight excluding hydrogens is 206 g/mol. The first kappa shape index (κ1) is 9.84. The normalized spacial score (nSPS) is 23.8. The Morgan fingerprint density at radius 2 is 2.38 bits per heavy atom. The van der Waals surface area contributed by atoms with Crippen molar-refractivity contribution in [3.05, 3.63) is 17.0 Å². The van der Waals surface area contributed by atoms with Crippen LogP contribution in [-0.2, 0) is 12.8 Å². The van der Waals surface area contributed by atoms with Crippen LogP contribution in [0.3, 0.4) is 0 Å². The number of β-amino-alcohol motifs (C(OH)–C–C–N with tert-alkyl or cyclic N) is 1. The Morgan fingerprint density at radius 3 is 3.12 bits per heavy atom. The van der Waals surface area contributed by atoms with Crippen LogP contribution in [0.5, 0.6) is 0 Å². The first-order valence-electron chi connectivity index (χ1n) is 5.79. The third kappa shape index (κ3) is 1.43. The largest absolute Gasteiger partial charge is 0.391 e. The summed E-state index contributed by atoms with van der Waals surface area (Å²) in [6, 6.07) is 0. The molecule has 3 rings (SSSR count). The number of H-pyrrole nitrogens is 1. The predicted molar refractivity (Wildman–Crippen MR) is 57.1 cm³/mol. The number of likely N-dealkylation sites (tertiary alicyclic amines) is 1. The van der Waals surface area contributed by atoms with Crippen LogP contribution in [0.4, 0.5) is 0 Å². The molecule has 2 N–H and O–H groups in total. The molecule has 16 heavy (non-hydrogen) atoms. The molecule has 2 heterocycles. The lowest BCUT2D eigenvalue weighted by molar-refractivity contribution is 0.0758. The van der Waals surface area contributed by atoms with Crippen LogP contribution < -0.4 is 0 Å². The van der Waals surface area contributed by atoms with Gasteiger partial charge in [0.05, 0.1) is 6.10 Å². The van der Waals surface area contributed by atoms with Crippen molar-refractivity contribution < 1.29 is 9.90 Å². The molecule has 1 aliphatic heterocycles. The van der Waals surface area contributed by atoms with Gasteiger partial charge in [0.25, 0.3) is 5.91 Å². The van der Waals surface area contributed by atoms with Gasteiger partial charge in [-0.1, -0.05) is 0 Å². The van der Waals surface area contributed by atoms with E-state index in [2.05, 4.69) is 10.2 Å². The predicted octanol–water partition coefficient (Wildman–Crippen LogP) is 0.105. The smallest absolute Gasteiger partial charge is 0.274 e. The van der Waals surface area contributed by atoms with Gasteiger partial charge in [-0.25, -0.2) is 0 Å². The van der Waals surface area contributed by atoms with Crippen LogP contribution in [0.1, 0.15) is 34.6 Å². The van der Waals surface area contributed by atoms with Crippen LogP contribution in [-0.4, -0.2) is 45.3 Å². The topological polar surface area (TPSA) is 69.2 Å². The van der Waals surface area contributed by atoms with E-state index in [9.17, 15) is 9.90 Å². The van der Waals surface area contributed by atoms with Crippen molar-refractivity contribution >= 4 is 5.91 Å². The second kappa shape index (κ2) is 3.59. The number of aromatic amines is 1. The Labute approximate surface area is 93.5 Å². The summed E-state index contributed by atoms with van der Waals surface area (Å²) >= 11 is 0. The maximum absolute atomic E-state index is 12.1. The van der Waals surface area contributed by atoms with Crippen molar-refractivity contribution in [1.29, 1.82) is 0 Å². The van der Waals surface area contributed by atoms with Gasteiger partial charge in [-0.05, 0) is 25.7 Å². The van der Waals surface area contributed by atoms with Gasteiger partial charge < -0.3 is 10.0 Å². The molecule has 1 saturated heterocycles. The van der Waals surface area contributed by atoms with E-state index in [0.717, 1.165) is 30.5 Å². The number of hydrogen-bond acceptors (Lipinski definition) is 3. The first-order valence-corrected chi connectivity index (χ1v) is 5.79. The summed E-state index contributed by atoms with van der Waals surface area (Å²) in [5, 5.41) is 16.5. The number of amides is 1. The van der Waals surface area contributed by atoms with E-state index in [1.54, 1.807) is 4.90 Å². The van der Waals surface area contributed by atoms with Gasteiger partial charge in [-0.2, -0.15) is 5.10 Å². The van der Waals surface area contributed by atoms with E-state index in [-0.39, 0.29) is 12.0 Å². The minimum absolute atomic E-state index is 0.0315. The summed E-state index contributed by atoms with van der Waals surface area (Å²) in [6.07, 6.45) is 3.36. The van der Waals surface area contributed by atoms with Gasteiger partial charge in [-0.15, -0.1) is 0 Å². The fourth-order valence-corrected chi connectivity index (χ4v) is 2.57. The van der Waals surface area contributed by atoms with Crippen LogP contribution in [0.2, 0.25) is 0 Å². The molecule has 0 bridgehead atoms. The highest BCUT2D eigenvalue weighted by Crippen LogP contribution is 2.24. The standard InChI is InChI=1S/C11H15N3O2/c15-7-4-5-14(6-7)11(16)10-8-2-1-3-9(8)12-13-10/h7,15H,1-6H2,(H,12,13)/t7-/m1/s1. The molecule has 1 aromatic rings. The molecular formula is C11H15N3O2. The maximum atomic E-state index is 12.1. The molecule has 2 aliphatic rings. The Hall–Kier alpha value is -1.36. The summed E-state index contributed by atoms with van der Waals surface area (Å²) in [5.41, 5.74) is 2.77. The number of fused-ring (bicyclic) bond motifs is 1. The highest BCUT2D eigenvalue weighted by molar-refractivity contribution is 5.94. The maximum Gasteiger partial charge on any atom is 0.274 e. The number of nitrogens with zero attached hydrogens (tertiary/aromatic N) is 2. The Bertz CT molecular complexity index is 427. The zero-order chi connectivity index (χ0) is 11.1. The fraction of sp³-hybridized carbons (Fsp3) is 0.636. The number of aryl methyl sites for hydroxylation is 1. The highest BCUT2D eigenvalue weighted by Gasteiger charge is 2.30. The third-order valence-electron chi connectivity index (χ3n) is 3.46. The van der Waals surface area contributed by atoms with Gasteiger partial charge in [0.2, 0.25) is 0 Å². The molecule has 0 aromatic carbocycles. The second-order valence-corrected chi connectivity index (χ2v) is 4.58. The van der Waals surface area contributed by atoms with E-state index in [4.69, 9.17) is 0 Å². The van der Waals surface area contributed by atoms with E-state index >= 15 is 0 Å². The molecule has 1 atom stereocenters. The monoisotopic (exact) mass is 221 g/mol. The summed E-state index contributed by atoms with van der Waals surface area (Å²) in [7, 11) is 0. The number of carbonyl (C=O) groups excluding carboxylic acids is 1. The molecule has 5 heteroatoms. The quantitative estimate of drug-likeness (QED) is 0.707. The summed E-state index contributed by atoms with van der Waals surface area (Å²) < 4.78 is 0. The minimum Gasteiger partial charge on any atom is -0.391 e. The number of rotatable bonds is 1. The first-order chi connectivity index (χ1) is 7.75. The number of hydrogen-bond donors (Lipinski definition) is 2. The van der Waals surface area contributed by atoms with Crippen molar-refractivity contribution in [2.45, 2.75) is 31.8 Å². The summed E-state index contributed by atoms with van der Waals surface area (Å²) in [5.74, 6) is -0.0315. The lowest BCUT2D eigenvalue weighted by Gasteiger charge is -2.14. The number of carbonyl (C=O) groups is 1. The van der Waals surface area contributed by atoms with Gasteiger partial charge in [0.1, 0.15) is 0 Å². The Balaban J connectivity index is 1.84. The highest BCUT2D eigenvalue weighted by atomic mass is 16.3. The van der Waals surface area contributed by atoms with E-state index in [1.807, 2.05) is 0 Å². The zero-order valence-electron chi connectivity index (χ0n) is 9.07. The van der Waals surface area contributed by atoms with Gasteiger partial charge in [0, 0.05) is 24.3 Å². The van der Waals surface area contributed by atoms with Crippen LogP contribution in [0, 0.1) is 0 Å². The molecule has 1 aliphatic carbocycles. The molecule has 86 valence electrons. The van der Waals surface area contributed by atoms with Gasteiger partial charge in [-0.3, -0.25) is 9.89 Å². The van der Waals surface area contributed by atoms with Crippen molar-refractivity contribution in [1.82, 2.24) is 15.1 Å². The molecule has 5 nitrogen and oxygen atoms in total. The van der Waals surface area contributed by atoms with Gasteiger partial charge in [0.15, 0.2) is 5.69 Å². The van der Waals surface area contributed by atoms with Crippen molar-refractivity contribution in [3.63, 3.8) is 0 Å². The van der Waals surface area contributed by atoms with E-state index in [1.165, 1.54) is 0 Å². The lowest BCUT2D eigenvalue weighted by atomic mass is 10.2. The number of nitrogens with one attached hydrogen (secondary N) is 1. The number of aromatic nitrogens is 2. The molecule has 0 spiro atoms. The van der Waals surface area contributed by atoms with Crippen molar-refractivity contribution in [2.75, 3.05) is 13.1 Å². The second-order valence-electron chi connectivity index (χ2n) is 4.58. The molecule has 0 unspecified atom stereocenters. The summed E-state index contributed by atoms with van der Waals surface area (Å²) in [4.78, 5) is 13.8. The Morgan fingerprint density at radius 1 is 1.50 bits per heavy atom. The Kier molecular flexibility index (Phi) is 2.21. The SMILES string of the molecule is O=C(c1n[nH]c2c1CCC2)N1CC[C@@H](O)C1. The van der Waals surface area contributed by atoms with Crippen LogP contribution >= 0.6 is 0 Å². The van der Waals surface area contributed by atoms with E-state index in [0.29, 0.717) is 25.2 Å². The molecule has 0 radical (unpaired) electrons. The summed E-state index contributed by atoms with van der Waals surface area (Å²) in [6.45, 7) is 1.09. The molecule has 1 aromatic heterocycles. The molecule has 0 saturated carbocycles. The molecule has 1 amide bonds. The molecule has 1 fully saturated rings. The van der Waals surface area contributed by atoms with Crippen molar-refractivity contribution in [2.24, 2.45) is 0 Å². The van der Waals surface area contributed by atoms with Crippen LogP contribution in [0.25, 0.3) is 0 Å². The average molecular weight is 221 g/mol. The average Bonchev–Trinajstić information content (AvgIpc) is 2.90. The zero-order valence-corrected chi connectivity index (χ0v) is 9.07. The number of aliphatic hydroxyl groups excluding tert-OH is 1. The fourth-order valence-electron chi connectivity index (χ4n) is 2.57. The number of aliphatic hydroxyl groups is 1.